The average Bonchev–Trinajstić information content (AvgIpc) is 2.95. The highest BCUT2D eigenvalue weighted by molar-refractivity contribution is 5.80. The molecular weight excluding hydrogens is 208 g/mol. The predicted octanol–water partition coefficient (Wildman–Crippen LogP) is 1.24. The SMILES string of the molecule is CC(C)N(CC1CC1)C(=O)N(C)CC(=O)O. The summed E-state index contributed by atoms with van der Waals surface area (Å²) < 4.78 is 0. The van der Waals surface area contributed by atoms with E-state index >= 15 is 0 Å². The number of carbonyl (C=O) groups is 2. The molecule has 0 aromatic rings. The minimum Gasteiger partial charge on any atom is -0.480 e. The van der Waals surface area contributed by atoms with Crippen LogP contribution in [0.25, 0.3) is 0 Å². The molecule has 0 radical (unpaired) electrons. The first kappa shape index (κ1) is 12.8. The number of hydrogen-bond donors (Lipinski definition) is 1. The van der Waals surface area contributed by atoms with Gasteiger partial charge in [-0.2, -0.15) is 0 Å². The van der Waals surface area contributed by atoms with Crippen molar-refractivity contribution in [1.29, 1.82) is 0 Å². The van der Waals surface area contributed by atoms with Gasteiger partial charge in [0.25, 0.3) is 0 Å². The van der Waals surface area contributed by atoms with E-state index in [1.165, 1.54) is 24.8 Å². The molecule has 1 rings (SSSR count). The summed E-state index contributed by atoms with van der Waals surface area (Å²) in [7, 11) is 1.53. The molecule has 1 aliphatic rings. The molecule has 0 spiro atoms. The lowest BCUT2D eigenvalue weighted by Gasteiger charge is -2.30. The van der Waals surface area contributed by atoms with Crippen LogP contribution in [0.1, 0.15) is 26.7 Å². The summed E-state index contributed by atoms with van der Waals surface area (Å²) in [5.74, 6) is -0.365. The highest BCUT2D eigenvalue weighted by Crippen LogP contribution is 2.30. The monoisotopic (exact) mass is 228 g/mol. The molecule has 0 bridgehead atoms. The number of carboxylic acids is 1. The Kier molecular flexibility index (Phi) is 4.15. The second-order valence-corrected chi connectivity index (χ2v) is 4.72. The van der Waals surface area contributed by atoms with Gasteiger partial charge in [0, 0.05) is 19.6 Å². The van der Waals surface area contributed by atoms with Gasteiger partial charge in [-0.1, -0.05) is 0 Å². The van der Waals surface area contributed by atoms with E-state index in [2.05, 4.69) is 0 Å². The number of carbonyl (C=O) groups excluding carboxylic acids is 1. The predicted molar refractivity (Wildman–Crippen MR) is 60.2 cm³/mol. The number of urea groups is 1. The van der Waals surface area contributed by atoms with Gasteiger partial charge < -0.3 is 14.9 Å². The molecule has 0 aromatic heterocycles. The molecule has 1 N–H and O–H groups in total. The van der Waals surface area contributed by atoms with Crippen LogP contribution in [0.5, 0.6) is 0 Å². The van der Waals surface area contributed by atoms with Gasteiger partial charge in [-0.3, -0.25) is 4.79 Å². The number of carboxylic acid groups (broad SMARTS) is 1. The van der Waals surface area contributed by atoms with Crippen LogP contribution in [0.4, 0.5) is 4.79 Å². The minimum absolute atomic E-state index is 0.115. The Morgan fingerprint density at radius 3 is 2.31 bits per heavy atom. The fraction of sp³-hybridized carbons (Fsp3) is 0.818. The molecule has 1 saturated carbocycles. The highest BCUT2D eigenvalue weighted by atomic mass is 16.4. The number of hydrogen-bond acceptors (Lipinski definition) is 2. The number of aliphatic carboxylic acids is 1. The molecule has 0 heterocycles. The first-order valence-electron chi connectivity index (χ1n) is 5.65. The Bertz CT molecular complexity index is 274. The summed E-state index contributed by atoms with van der Waals surface area (Å²) >= 11 is 0. The third-order valence-corrected chi connectivity index (χ3v) is 2.72. The fourth-order valence-corrected chi connectivity index (χ4v) is 1.58. The van der Waals surface area contributed by atoms with Gasteiger partial charge in [0.05, 0.1) is 0 Å². The summed E-state index contributed by atoms with van der Waals surface area (Å²) in [5.41, 5.74) is 0. The standard InChI is InChI=1S/C11H20N2O3/c1-8(2)13(6-9-4-5-9)11(16)12(3)7-10(14)15/h8-9H,4-7H2,1-3H3,(H,14,15). The third-order valence-electron chi connectivity index (χ3n) is 2.72. The maximum absolute atomic E-state index is 12.0. The molecule has 5 nitrogen and oxygen atoms in total. The zero-order valence-corrected chi connectivity index (χ0v) is 10.1. The van der Waals surface area contributed by atoms with Gasteiger partial charge in [0.2, 0.25) is 0 Å². The molecule has 16 heavy (non-hydrogen) atoms. The van der Waals surface area contributed by atoms with Gasteiger partial charge >= 0.3 is 12.0 Å². The van der Waals surface area contributed by atoms with Crippen molar-refractivity contribution in [3.05, 3.63) is 0 Å². The lowest BCUT2D eigenvalue weighted by molar-refractivity contribution is -0.137. The molecule has 0 aliphatic heterocycles. The lowest BCUT2D eigenvalue weighted by atomic mass is 10.3. The summed E-state index contributed by atoms with van der Waals surface area (Å²) in [4.78, 5) is 25.5. The smallest absolute Gasteiger partial charge is 0.323 e. The molecule has 5 heteroatoms. The van der Waals surface area contributed by atoms with Crippen molar-refractivity contribution < 1.29 is 14.7 Å². The summed E-state index contributed by atoms with van der Waals surface area (Å²) in [6, 6.07) is -0.0753. The average molecular weight is 228 g/mol. The van der Waals surface area contributed by atoms with Crippen LogP contribution in [-0.4, -0.2) is 53.1 Å². The summed E-state index contributed by atoms with van der Waals surface area (Å²) in [5, 5.41) is 8.63. The first-order chi connectivity index (χ1) is 7.41. The largest absolute Gasteiger partial charge is 0.480 e. The van der Waals surface area contributed by atoms with Crippen LogP contribution in [0.15, 0.2) is 0 Å². The second kappa shape index (κ2) is 5.18. The molecule has 0 saturated heterocycles. The van der Waals surface area contributed by atoms with E-state index < -0.39 is 5.97 Å². The van der Waals surface area contributed by atoms with Crippen LogP contribution < -0.4 is 0 Å². The Morgan fingerprint density at radius 1 is 1.38 bits per heavy atom. The van der Waals surface area contributed by atoms with Gasteiger partial charge in [0.1, 0.15) is 6.54 Å². The highest BCUT2D eigenvalue weighted by Gasteiger charge is 2.29. The number of rotatable bonds is 5. The molecule has 0 aromatic carbocycles. The van der Waals surface area contributed by atoms with Crippen molar-refractivity contribution in [2.24, 2.45) is 5.92 Å². The van der Waals surface area contributed by atoms with Crippen LogP contribution in [0, 0.1) is 5.92 Å². The van der Waals surface area contributed by atoms with Crippen molar-refractivity contribution in [1.82, 2.24) is 9.80 Å². The Hall–Kier alpha value is -1.26. The summed E-state index contributed by atoms with van der Waals surface area (Å²) in [6.07, 6.45) is 2.36. The molecular formula is C11H20N2O3. The van der Waals surface area contributed by atoms with Gasteiger partial charge in [-0.25, -0.2) is 4.79 Å². The quantitative estimate of drug-likeness (QED) is 0.770. The topological polar surface area (TPSA) is 60.9 Å². The Balaban J connectivity index is 2.54. The number of amides is 2. The zero-order chi connectivity index (χ0) is 12.3. The van der Waals surface area contributed by atoms with E-state index in [1.807, 2.05) is 13.8 Å². The fourth-order valence-electron chi connectivity index (χ4n) is 1.58. The maximum Gasteiger partial charge on any atom is 0.323 e. The summed E-state index contributed by atoms with van der Waals surface area (Å²) in [6.45, 7) is 4.41. The van der Waals surface area contributed by atoms with Crippen molar-refractivity contribution in [2.75, 3.05) is 20.1 Å². The molecule has 92 valence electrons. The van der Waals surface area contributed by atoms with Crippen molar-refractivity contribution in [2.45, 2.75) is 32.7 Å². The molecule has 1 aliphatic carbocycles. The normalized spacial score (nSPS) is 15.0. The maximum atomic E-state index is 12.0. The Morgan fingerprint density at radius 2 is 1.94 bits per heavy atom. The molecule has 0 atom stereocenters. The van der Waals surface area contributed by atoms with Crippen LogP contribution in [0.3, 0.4) is 0 Å². The molecule has 2 amide bonds. The molecule has 1 fully saturated rings. The van der Waals surface area contributed by atoms with E-state index in [0.29, 0.717) is 5.92 Å². The van der Waals surface area contributed by atoms with Crippen molar-refractivity contribution >= 4 is 12.0 Å². The van der Waals surface area contributed by atoms with E-state index in [0.717, 1.165) is 6.54 Å². The van der Waals surface area contributed by atoms with Crippen LogP contribution in [-0.2, 0) is 4.79 Å². The lowest BCUT2D eigenvalue weighted by Crippen LogP contribution is -2.47. The van der Waals surface area contributed by atoms with Gasteiger partial charge in [-0.05, 0) is 32.6 Å². The second-order valence-electron chi connectivity index (χ2n) is 4.72. The van der Waals surface area contributed by atoms with Crippen molar-refractivity contribution in [3.63, 3.8) is 0 Å². The first-order valence-corrected chi connectivity index (χ1v) is 5.65. The number of nitrogens with zero attached hydrogens (tertiary/aromatic N) is 2. The van der Waals surface area contributed by atoms with Gasteiger partial charge in [0.15, 0.2) is 0 Å². The van der Waals surface area contributed by atoms with Crippen LogP contribution >= 0.6 is 0 Å². The van der Waals surface area contributed by atoms with Gasteiger partial charge in [-0.15, -0.1) is 0 Å². The number of likely N-dealkylation sites (N-methyl/N-ethyl adjacent to an activating group) is 1. The van der Waals surface area contributed by atoms with E-state index in [-0.39, 0.29) is 18.6 Å². The minimum atomic E-state index is -0.981. The van der Waals surface area contributed by atoms with Crippen molar-refractivity contribution in [3.8, 4) is 0 Å². The van der Waals surface area contributed by atoms with E-state index in [9.17, 15) is 9.59 Å². The van der Waals surface area contributed by atoms with E-state index in [4.69, 9.17) is 5.11 Å². The third kappa shape index (κ3) is 3.72. The Labute approximate surface area is 96.0 Å². The molecule has 0 unspecified atom stereocenters. The van der Waals surface area contributed by atoms with E-state index in [1.54, 1.807) is 4.90 Å². The zero-order valence-electron chi connectivity index (χ0n) is 10.1. The van der Waals surface area contributed by atoms with Crippen LogP contribution in [0.2, 0.25) is 0 Å².